The molecule has 0 spiro atoms. The fourth-order valence-corrected chi connectivity index (χ4v) is 2.79. The van der Waals surface area contributed by atoms with E-state index in [0.29, 0.717) is 22.4 Å². The number of Topliss-reactive ketones (excluding diaryl/α,β-unsaturated/α-hetero) is 1. The number of para-hydroxylation sites is 1. The largest absolute Gasteiger partial charge is 0.506 e. The molecule has 0 saturated carbocycles. The van der Waals surface area contributed by atoms with Gasteiger partial charge in [0.1, 0.15) is 22.8 Å². The van der Waals surface area contributed by atoms with E-state index in [0.717, 1.165) is 0 Å². The number of hydrogen-bond donors (Lipinski definition) is 2. The number of aromatic nitrogens is 1. The van der Waals surface area contributed by atoms with Crippen LogP contribution in [-0.2, 0) is 11.8 Å². The number of carboxylic acids is 1. The maximum Gasteiger partial charge on any atom is 0.303 e. The molecule has 0 aliphatic heterocycles. The summed E-state index contributed by atoms with van der Waals surface area (Å²) in [7, 11) is 1.48. The van der Waals surface area contributed by atoms with Crippen molar-refractivity contribution in [2.45, 2.75) is 12.8 Å². The van der Waals surface area contributed by atoms with Crippen LogP contribution in [0.1, 0.15) is 23.2 Å². The molecule has 1 aromatic heterocycles. The summed E-state index contributed by atoms with van der Waals surface area (Å²) in [6, 6.07) is 13.8. The Hall–Kier alpha value is -3.61. The van der Waals surface area contributed by atoms with Crippen LogP contribution in [0, 0.1) is 0 Å². The van der Waals surface area contributed by atoms with Crippen molar-refractivity contribution in [1.29, 1.82) is 0 Å². The van der Waals surface area contributed by atoms with Gasteiger partial charge in [0, 0.05) is 24.9 Å². The number of carbonyl (C=O) groups is 2. The van der Waals surface area contributed by atoms with Crippen molar-refractivity contribution >= 4 is 22.7 Å². The summed E-state index contributed by atoms with van der Waals surface area (Å²) in [6.07, 6.45) is -0.776. The minimum Gasteiger partial charge on any atom is -0.506 e. The Morgan fingerprint density at radius 3 is 2.41 bits per heavy atom. The lowest BCUT2D eigenvalue weighted by atomic mass is 10.0. The van der Waals surface area contributed by atoms with Crippen LogP contribution in [-0.4, -0.2) is 26.5 Å². The summed E-state index contributed by atoms with van der Waals surface area (Å²) < 4.78 is 6.97. The number of aromatic hydroxyl groups is 1. The van der Waals surface area contributed by atoms with E-state index < -0.39 is 35.0 Å². The number of fused-ring (bicyclic) bond motifs is 1. The molecule has 0 radical (unpaired) electrons. The average Bonchev–Trinajstić information content (AvgIpc) is 2.65. The van der Waals surface area contributed by atoms with Gasteiger partial charge < -0.3 is 19.5 Å². The first-order chi connectivity index (χ1) is 12.9. The van der Waals surface area contributed by atoms with Crippen molar-refractivity contribution < 1.29 is 24.5 Å². The summed E-state index contributed by atoms with van der Waals surface area (Å²) in [5.41, 5.74) is -0.698. The van der Waals surface area contributed by atoms with E-state index in [1.807, 2.05) is 18.2 Å². The lowest BCUT2D eigenvalue weighted by Gasteiger charge is -2.13. The molecule has 0 bridgehead atoms. The number of hydrogen-bond acceptors (Lipinski definition) is 5. The zero-order chi connectivity index (χ0) is 19.6. The number of ketones is 1. The fourth-order valence-electron chi connectivity index (χ4n) is 2.79. The first-order valence-electron chi connectivity index (χ1n) is 8.22. The standard InChI is InChI=1S/C20H17NO6/c1-21-15-11-13(27-12-5-3-2-4-6-12)7-8-14(15)19(25)18(20(21)26)16(22)9-10-17(23)24/h2-8,11,25H,9-10H2,1H3,(H,23,24). The molecule has 0 fully saturated rings. The van der Waals surface area contributed by atoms with E-state index in [1.54, 1.807) is 30.3 Å². The third-order valence-electron chi connectivity index (χ3n) is 4.16. The number of benzene rings is 2. The van der Waals surface area contributed by atoms with Gasteiger partial charge in [-0.15, -0.1) is 0 Å². The maximum absolute atomic E-state index is 12.6. The van der Waals surface area contributed by atoms with Crippen LogP contribution >= 0.6 is 0 Å². The highest BCUT2D eigenvalue weighted by molar-refractivity contribution is 6.04. The van der Waals surface area contributed by atoms with Crippen LogP contribution in [0.4, 0.5) is 0 Å². The minimum atomic E-state index is -1.15. The van der Waals surface area contributed by atoms with Crippen molar-refractivity contribution in [2.75, 3.05) is 0 Å². The quantitative estimate of drug-likeness (QED) is 0.649. The molecular weight excluding hydrogens is 350 g/mol. The smallest absolute Gasteiger partial charge is 0.303 e. The molecule has 0 aliphatic rings. The van der Waals surface area contributed by atoms with E-state index in [1.165, 1.54) is 11.6 Å². The molecule has 3 rings (SSSR count). The number of ether oxygens (including phenoxy) is 1. The Morgan fingerprint density at radius 1 is 1.04 bits per heavy atom. The molecule has 3 aromatic rings. The zero-order valence-electron chi connectivity index (χ0n) is 14.5. The van der Waals surface area contributed by atoms with Crippen LogP contribution < -0.4 is 10.3 Å². The third-order valence-corrected chi connectivity index (χ3v) is 4.16. The molecule has 0 unspecified atom stereocenters. The van der Waals surface area contributed by atoms with E-state index in [2.05, 4.69) is 0 Å². The van der Waals surface area contributed by atoms with Gasteiger partial charge in [-0.1, -0.05) is 18.2 Å². The predicted molar refractivity (Wildman–Crippen MR) is 98.6 cm³/mol. The lowest BCUT2D eigenvalue weighted by molar-refractivity contribution is -0.136. The fraction of sp³-hybridized carbons (Fsp3) is 0.150. The second kappa shape index (κ2) is 7.33. The molecule has 1 heterocycles. The normalized spacial score (nSPS) is 10.7. The number of pyridine rings is 1. The molecule has 0 aliphatic carbocycles. The van der Waals surface area contributed by atoms with Gasteiger partial charge in [0.2, 0.25) is 0 Å². The second-order valence-electron chi connectivity index (χ2n) is 6.00. The first-order valence-corrected chi connectivity index (χ1v) is 8.22. The van der Waals surface area contributed by atoms with Gasteiger partial charge in [-0.3, -0.25) is 14.4 Å². The van der Waals surface area contributed by atoms with Gasteiger partial charge in [-0.2, -0.15) is 0 Å². The van der Waals surface area contributed by atoms with E-state index >= 15 is 0 Å². The number of carbonyl (C=O) groups excluding carboxylic acids is 1. The van der Waals surface area contributed by atoms with Gasteiger partial charge in [0.15, 0.2) is 5.78 Å². The molecule has 2 aromatic carbocycles. The monoisotopic (exact) mass is 367 g/mol. The van der Waals surface area contributed by atoms with Crippen molar-refractivity contribution in [1.82, 2.24) is 4.57 Å². The average molecular weight is 367 g/mol. The Morgan fingerprint density at radius 2 is 1.74 bits per heavy atom. The summed E-state index contributed by atoms with van der Waals surface area (Å²) >= 11 is 0. The summed E-state index contributed by atoms with van der Waals surface area (Å²) in [4.78, 5) is 35.4. The van der Waals surface area contributed by atoms with Gasteiger partial charge in [-0.05, 0) is 24.3 Å². The van der Waals surface area contributed by atoms with Crippen LogP contribution in [0.15, 0.2) is 53.3 Å². The van der Waals surface area contributed by atoms with Crippen molar-refractivity contribution in [3.05, 3.63) is 64.4 Å². The topological polar surface area (TPSA) is 106 Å². The van der Waals surface area contributed by atoms with E-state index in [9.17, 15) is 19.5 Å². The van der Waals surface area contributed by atoms with Crippen LogP contribution in [0.25, 0.3) is 10.9 Å². The highest BCUT2D eigenvalue weighted by atomic mass is 16.5. The second-order valence-corrected chi connectivity index (χ2v) is 6.00. The minimum absolute atomic E-state index is 0.302. The Labute approximate surface area is 154 Å². The maximum atomic E-state index is 12.6. The molecule has 0 amide bonds. The van der Waals surface area contributed by atoms with Crippen molar-refractivity contribution in [2.24, 2.45) is 7.05 Å². The van der Waals surface area contributed by atoms with Crippen molar-refractivity contribution in [3.63, 3.8) is 0 Å². The van der Waals surface area contributed by atoms with Crippen LogP contribution in [0.5, 0.6) is 17.2 Å². The zero-order valence-corrected chi connectivity index (χ0v) is 14.5. The van der Waals surface area contributed by atoms with E-state index in [-0.39, 0.29) is 6.42 Å². The van der Waals surface area contributed by atoms with Crippen LogP contribution in [0.3, 0.4) is 0 Å². The highest BCUT2D eigenvalue weighted by Crippen LogP contribution is 2.31. The molecule has 27 heavy (non-hydrogen) atoms. The van der Waals surface area contributed by atoms with Gasteiger partial charge in [0.25, 0.3) is 5.56 Å². The van der Waals surface area contributed by atoms with Gasteiger partial charge in [-0.25, -0.2) is 0 Å². The molecular formula is C20H17NO6. The number of aliphatic carboxylic acids is 1. The predicted octanol–water partition coefficient (Wildman–Crippen LogP) is 3.08. The SMILES string of the molecule is Cn1c(=O)c(C(=O)CCC(=O)O)c(O)c2ccc(Oc3ccccc3)cc21. The Kier molecular flexibility index (Phi) is 4.94. The summed E-state index contributed by atoms with van der Waals surface area (Å²) in [6.45, 7) is 0. The van der Waals surface area contributed by atoms with Gasteiger partial charge in [0.05, 0.1) is 11.9 Å². The Balaban J connectivity index is 2.05. The molecule has 2 N–H and O–H groups in total. The number of rotatable bonds is 6. The van der Waals surface area contributed by atoms with Gasteiger partial charge >= 0.3 is 5.97 Å². The number of nitrogens with zero attached hydrogens (tertiary/aromatic N) is 1. The molecule has 7 heteroatoms. The molecule has 0 saturated heterocycles. The number of carboxylic acid groups (broad SMARTS) is 1. The highest BCUT2D eigenvalue weighted by Gasteiger charge is 2.21. The lowest BCUT2D eigenvalue weighted by Crippen LogP contribution is -2.25. The summed E-state index contributed by atoms with van der Waals surface area (Å²) in [5, 5.41) is 19.5. The molecule has 138 valence electrons. The Bertz CT molecular complexity index is 1090. The first kappa shape index (κ1) is 18.2. The number of aryl methyl sites for hydroxylation is 1. The molecule has 0 atom stereocenters. The van der Waals surface area contributed by atoms with Crippen molar-refractivity contribution in [3.8, 4) is 17.2 Å². The summed E-state index contributed by atoms with van der Waals surface area (Å²) in [5.74, 6) is -1.22. The molecule has 7 nitrogen and oxygen atoms in total. The van der Waals surface area contributed by atoms with Crippen LogP contribution in [0.2, 0.25) is 0 Å². The van der Waals surface area contributed by atoms with E-state index in [4.69, 9.17) is 9.84 Å². The third kappa shape index (κ3) is 3.67.